The Balaban J connectivity index is 1.31. The summed E-state index contributed by atoms with van der Waals surface area (Å²) in [6.07, 6.45) is 10.4. The molecular weight excluding hydrogens is 490 g/mol. The Morgan fingerprint density at radius 1 is 0.886 bits per heavy atom. The molecule has 0 amide bonds. The van der Waals surface area contributed by atoms with E-state index in [0.717, 1.165) is 70.6 Å². The average Bonchev–Trinajstić information content (AvgIpc) is 2.78. The van der Waals surface area contributed by atoms with E-state index in [1.54, 1.807) is 0 Å². The van der Waals surface area contributed by atoms with Crippen LogP contribution >= 0.6 is 0 Å². The topological polar surface area (TPSA) is 133 Å². The fourth-order valence-electron chi connectivity index (χ4n) is 7.26. The Kier molecular flexibility index (Phi) is 7.18. The van der Waals surface area contributed by atoms with Gasteiger partial charge in [0.1, 0.15) is 0 Å². The van der Waals surface area contributed by atoms with Gasteiger partial charge in [-0.15, -0.1) is 0 Å². The third-order valence-corrected chi connectivity index (χ3v) is 9.00. The van der Waals surface area contributed by atoms with Crippen LogP contribution in [0.2, 0.25) is 0 Å². The molecule has 0 aromatic carbocycles. The third kappa shape index (κ3) is 5.63. The van der Waals surface area contributed by atoms with Crippen molar-refractivity contribution in [1.82, 2.24) is 0 Å². The maximum Gasteiger partial charge on any atom is 0.465 e. The van der Waals surface area contributed by atoms with Crippen LogP contribution in [0.25, 0.3) is 0 Å². The zero-order valence-electron chi connectivity index (χ0n) is 19.5. The van der Waals surface area contributed by atoms with Gasteiger partial charge in [-0.2, -0.15) is 17.2 Å². The summed E-state index contributed by atoms with van der Waals surface area (Å²) in [5.74, 6) is -2.93. The highest BCUT2D eigenvalue weighted by molar-refractivity contribution is 7.87. The molecule has 4 bridgehead atoms. The summed E-state index contributed by atoms with van der Waals surface area (Å²) < 4.78 is 71.3. The van der Waals surface area contributed by atoms with Crippen LogP contribution in [0, 0.1) is 28.6 Å². The number of esters is 3. The Hall–Kier alpha value is -1.82. The van der Waals surface area contributed by atoms with Gasteiger partial charge in [0.05, 0.1) is 19.1 Å². The molecule has 12 heteroatoms. The van der Waals surface area contributed by atoms with Gasteiger partial charge in [-0.05, 0) is 63.2 Å². The van der Waals surface area contributed by atoms with Crippen molar-refractivity contribution in [3.63, 3.8) is 0 Å². The molecule has 0 aliphatic heterocycles. The zero-order valence-corrected chi connectivity index (χ0v) is 20.3. The third-order valence-electron chi connectivity index (χ3n) is 8.18. The molecule has 0 aromatic rings. The van der Waals surface area contributed by atoms with Crippen molar-refractivity contribution in [2.45, 2.75) is 75.9 Å². The van der Waals surface area contributed by atoms with E-state index in [1.807, 2.05) is 0 Å². The van der Waals surface area contributed by atoms with Gasteiger partial charge < -0.3 is 14.2 Å². The van der Waals surface area contributed by atoms with Crippen molar-refractivity contribution in [3.05, 3.63) is 0 Å². The summed E-state index contributed by atoms with van der Waals surface area (Å²) in [6, 6.07) is 0. The van der Waals surface area contributed by atoms with Crippen molar-refractivity contribution in [1.29, 1.82) is 0 Å². The Morgan fingerprint density at radius 2 is 1.43 bits per heavy atom. The van der Waals surface area contributed by atoms with Crippen LogP contribution in [-0.2, 0) is 38.7 Å². The summed E-state index contributed by atoms with van der Waals surface area (Å²) >= 11 is 0. The lowest BCUT2D eigenvalue weighted by Gasteiger charge is -2.61. The Morgan fingerprint density at radius 3 is 1.97 bits per heavy atom. The summed E-state index contributed by atoms with van der Waals surface area (Å²) in [4.78, 5) is 35.9. The molecule has 5 aliphatic rings. The highest BCUT2D eigenvalue weighted by Crippen LogP contribution is 2.65. The Labute approximate surface area is 203 Å². The van der Waals surface area contributed by atoms with E-state index in [-0.39, 0.29) is 29.3 Å². The van der Waals surface area contributed by atoms with E-state index in [2.05, 4.69) is 4.74 Å². The maximum absolute atomic E-state index is 13.3. The first kappa shape index (κ1) is 26.2. The fraction of sp³-hybridized carbons (Fsp3) is 0.870. The number of carbonyl (C=O) groups is 3. The van der Waals surface area contributed by atoms with Crippen LogP contribution in [0.3, 0.4) is 0 Å². The molecule has 198 valence electrons. The van der Waals surface area contributed by atoms with Crippen LogP contribution in [0.15, 0.2) is 0 Å². The molecule has 5 rings (SSSR count). The summed E-state index contributed by atoms with van der Waals surface area (Å²) in [5, 5.41) is -5.17. The number of hydrogen-bond acceptors (Lipinski definition) is 8. The normalized spacial score (nSPS) is 32.8. The molecule has 0 aromatic heterocycles. The number of halogens is 2. The second kappa shape index (κ2) is 9.57. The molecule has 0 radical (unpaired) electrons. The van der Waals surface area contributed by atoms with Crippen molar-refractivity contribution in [2.75, 3.05) is 19.8 Å². The molecule has 5 fully saturated rings. The number of hydrogen-bond donors (Lipinski definition) is 1. The zero-order chi connectivity index (χ0) is 25.5. The quantitative estimate of drug-likeness (QED) is 0.275. The van der Waals surface area contributed by atoms with Gasteiger partial charge in [-0.25, -0.2) is 9.59 Å². The lowest BCUT2D eigenvalue weighted by atomic mass is 9.44. The van der Waals surface area contributed by atoms with Crippen LogP contribution < -0.4 is 0 Å². The number of ether oxygens (including phenoxy) is 3. The molecule has 2 unspecified atom stereocenters. The van der Waals surface area contributed by atoms with E-state index in [1.165, 1.54) is 0 Å². The molecule has 2 atom stereocenters. The number of alkyl halides is 2. The first-order valence-electron chi connectivity index (χ1n) is 12.2. The van der Waals surface area contributed by atoms with E-state index < -0.39 is 33.9 Å². The van der Waals surface area contributed by atoms with Crippen molar-refractivity contribution in [2.24, 2.45) is 28.6 Å². The highest BCUT2D eigenvalue weighted by Gasteiger charge is 2.59. The molecule has 5 saturated carbocycles. The predicted octanol–water partition coefficient (Wildman–Crippen LogP) is 3.26. The highest BCUT2D eigenvalue weighted by atomic mass is 32.2. The van der Waals surface area contributed by atoms with E-state index in [9.17, 15) is 31.6 Å². The minimum absolute atomic E-state index is 0.0173. The van der Waals surface area contributed by atoms with Crippen molar-refractivity contribution < 1.29 is 50.3 Å². The summed E-state index contributed by atoms with van der Waals surface area (Å²) in [7, 11) is -6.01. The van der Waals surface area contributed by atoms with Gasteiger partial charge in [0.2, 0.25) is 0 Å². The second-order valence-corrected chi connectivity index (χ2v) is 12.6. The molecule has 9 nitrogen and oxygen atoms in total. The lowest BCUT2D eigenvalue weighted by molar-refractivity contribution is -0.184. The van der Waals surface area contributed by atoms with E-state index in [0.29, 0.717) is 18.4 Å². The van der Waals surface area contributed by atoms with Gasteiger partial charge in [-0.3, -0.25) is 9.35 Å². The van der Waals surface area contributed by atoms with Crippen LogP contribution in [0.4, 0.5) is 8.78 Å². The predicted molar refractivity (Wildman–Crippen MR) is 115 cm³/mol. The molecule has 0 saturated heterocycles. The minimum Gasteiger partial charge on any atom is -0.465 e. The van der Waals surface area contributed by atoms with E-state index >= 15 is 0 Å². The smallest absolute Gasteiger partial charge is 0.465 e. The first-order valence-corrected chi connectivity index (χ1v) is 13.6. The minimum atomic E-state index is -6.01. The van der Waals surface area contributed by atoms with Gasteiger partial charge in [-0.1, -0.05) is 19.3 Å². The van der Waals surface area contributed by atoms with Crippen LogP contribution in [0.5, 0.6) is 0 Å². The molecule has 5 aliphatic carbocycles. The average molecular weight is 523 g/mol. The van der Waals surface area contributed by atoms with Crippen molar-refractivity contribution >= 4 is 28.0 Å². The van der Waals surface area contributed by atoms with Crippen LogP contribution in [-0.4, -0.2) is 56.0 Å². The SMILES string of the molecule is O=C(COC(=O)C(F)(F)S(=O)(=O)O)OCC12CC3CC(C1)CC(COC(=O)C1CCCCC1)(C3)C2. The van der Waals surface area contributed by atoms with Gasteiger partial charge >= 0.3 is 33.3 Å². The number of carbonyl (C=O) groups excluding carboxylic acids is 3. The van der Waals surface area contributed by atoms with E-state index in [4.69, 9.17) is 14.0 Å². The summed E-state index contributed by atoms with van der Waals surface area (Å²) in [6.45, 7) is -0.826. The largest absolute Gasteiger partial charge is 0.465 e. The van der Waals surface area contributed by atoms with Crippen LogP contribution in [0.1, 0.15) is 70.6 Å². The Bertz CT molecular complexity index is 944. The first-order chi connectivity index (χ1) is 16.3. The van der Waals surface area contributed by atoms with Gasteiger partial charge in [0, 0.05) is 10.8 Å². The molecule has 0 heterocycles. The standard InChI is InChI=1S/C23H32F2O9S/c24-23(25,35(29,30)31)20(28)32-11-18(26)33-13-21-7-15-6-16(8-21)10-22(9-15,12-21)14-34-19(27)17-4-2-1-3-5-17/h15-17H,1-14H2,(H,29,30,31). The molecular formula is C23H32F2O9S. The monoisotopic (exact) mass is 522 g/mol. The number of rotatable bonds is 9. The summed E-state index contributed by atoms with van der Waals surface area (Å²) in [5.41, 5.74) is -0.482. The lowest BCUT2D eigenvalue weighted by Crippen LogP contribution is -2.55. The fourth-order valence-corrected chi connectivity index (χ4v) is 7.53. The molecule has 1 N–H and O–H groups in total. The molecule has 0 spiro atoms. The maximum atomic E-state index is 13.3. The molecule has 35 heavy (non-hydrogen) atoms. The van der Waals surface area contributed by atoms with Crippen molar-refractivity contribution in [3.8, 4) is 0 Å². The van der Waals surface area contributed by atoms with Gasteiger partial charge in [0.15, 0.2) is 6.61 Å². The van der Waals surface area contributed by atoms with Gasteiger partial charge in [0.25, 0.3) is 0 Å². The second-order valence-electron chi connectivity index (χ2n) is 11.1.